The van der Waals surface area contributed by atoms with Crippen molar-refractivity contribution < 1.29 is 19.0 Å². The van der Waals surface area contributed by atoms with Crippen molar-refractivity contribution >= 4 is 5.97 Å². The van der Waals surface area contributed by atoms with Crippen LogP contribution >= 0.6 is 0 Å². The zero-order chi connectivity index (χ0) is 29.0. The number of aliphatic hydroxyl groups excluding tert-OH is 1. The number of halogens is 1. The lowest BCUT2D eigenvalue weighted by molar-refractivity contribution is -0.139. The van der Waals surface area contributed by atoms with Gasteiger partial charge in [-0.3, -0.25) is 4.79 Å². The number of carbonyl (C=O) groups is 1. The largest absolute Gasteiger partial charge is 0.469 e. The van der Waals surface area contributed by atoms with Crippen molar-refractivity contribution in [3.8, 4) is 11.1 Å². The maximum absolute atomic E-state index is 14.8. The Balaban J connectivity index is 1.92. The third-order valence-electron chi connectivity index (χ3n) is 8.49. The van der Waals surface area contributed by atoms with E-state index in [-0.39, 0.29) is 23.4 Å². The van der Waals surface area contributed by atoms with E-state index in [0.29, 0.717) is 5.56 Å². The highest BCUT2D eigenvalue weighted by molar-refractivity contribution is 5.74. The Kier molecular flexibility index (Phi) is 9.77. The van der Waals surface area contributed by atoms with E-state index in [4.69, 9.17) is 0 Å². The van der Waals surface area contributed by atoms with Crippen molar-refractivity contribution in [1.29, 1.82) is 0 Å². The Hall–Kier alpha value is -2.98. The van der Waals surface area contributed by atoms with Crippen molar-refractivity contribution in [3.05, 3.63) is 93.8 Å². The molecule has 0 aromatic heterocycles. The smallest absolute Gasteiger partial charge is 0.310 e. The summed E-state index contributed by atoms with van der Waals surface area (Å²) in [4.78, 5) is 11.6. The third kappa shape index (κ3) is 6.78. The summed E-state index contributed by atoms with van der Waals surface area (Å²) in [6.07, 6.45) is 3.12. The summed E-state index contributed by atoms with van der Waals surface area (Å²) in [5.41, 5.74) is 8.05. The molecule has 3 aromatic rings. The van der Waals surface area contributed by atoms with E-state index in [0.717, 1.165) is 42.4 Å². The topological polar surface area (TPSA) is 46.5 Å². The molecular weight excluding hydrogens is 487 g/mol. The molecule has 3 aromatic carbocycles. The maximum atomic E-state index is 14.8. The van der Waals surface area contributed by atoms with Gasteiger partial charge in [0.2, 0.25) is 0 Å². The number of esters is 1. The van der Waals surface area contributed by atoms with Crippen LogP contribution in [0.2, 0.25) is 0 Å². The van der Waals surface area contributed by atoms with Crippen molar-refractivity contribution in [3.63, 3.8) is 0 Å². The Morgan fingerprint density at radius 1 is 0.897 bits per heavy atom. The molecule has 39 heavy (non-hydrogen) atoms. The summed E-state index contributed by atoms with van der Waals surface area (Å²) in [7, 11) is 1.31. The van der Waals surface area contributed by atoms with Crippen LogP contribution in [-0.2, 0) is 27.8 Å². The second-order valence-electron chi connectivity index (χ2n) is 11.9. The standard InChI is InChI=1S/C35H45FO3/c1-9-35(10-2,28-15-13-25(23(3)19-28)14-18-32(37)34(5,6)7)29-16-17-30(24(4)20-29)26-11-12-27(31(36)21-26)22-33(38)39-8/h11-13,15-17,19-21,32,37H,9-10,14,18,22H2,1-8H3. The normalized spacial score (nSPS) is 12.9. The summed E-state index contributed by atoms with van der Waals surface area (Å²) in [5.74, 6) is -0.855. The monoisotopic (exact) mass is 532 g/mol. The van der Waals surface area contributed by atoms with Gasteiger partial charge < -0.3 is 9.84 Å². The molecule has 0 amide bonds. The minimum Gasteiger partial charge on any atom is -0.469 e. The van der Waals surface area contributed by atoms with Crippen molar-refractivity contribution in [1.82, 2.24) is 0 Å². The van der Waals surface area contributed by atoms with Gasteiger partial charge in [-0.15, -0.1) is 0 Å². The molecule has 0 radical (unpaired) electrons. The fourth-order valence-electron chi connectivity index (χ4n) is 5.60. The summed E-state index contributed by atoms with van der Waals surface area (Å²) in [5, 5.41) is 10.5. The number of carbonyl (C=O) groups excluding carboxylic acids is 1. The molecule has 210 valence electrons. The number of benzene rings is 3. The molecule has 1 N–H and O–H groups in total. The van der Waals surface area contributed by atoms with Crippen molar-refractivity contribution in [2.75, 3.05) is 7.11 Å². The highest BCUT2D eigenvalue weighted by Gasteiger charge is 2.31. The first kappa shape index (κ1) is 30.6. The molecule has 0 bridgehead atoms. The van der Waals surface area contributed by atoms with E-state index < -0.39 is 11.8 Å². The van der Waals surface area contributed by atoms with Crippen molar-refractivity contribution in [2.24, 2.45) is 5.41 Å². The quantitative estimate of drug-likeness (QED) is 0.267. The Morgan fingerprint density at radius 3 is 2.00 bits per heavy atom. The molecule has 3 rings (SSSR count). The van der Waals surface area contributed by atoms with Crippen LogP contribution in [-0.4, -0.2) is 24.3 Å². The van der Waals surface area contributed by atoms with Crippen LogP contribution in [0.1, 0.15) is 87.3 Å². The summed E-state index contributed by atoms with van der Waals surface area (Å²) in [6, 6.07) is 18.4. The number of hydrogen-bond acceptors (Lipinski definition) is 3. The second kappa shape index (κ2) is 12.5. The Bertz CT molecular complexity index is 1300. The van der Waals surface area contributed by atoms with Crippen LogP contribution in [0.4, 0.5) is 4.39 Å². The number of ether oxygens (including phenoxy) is 1. The zero-order valence-electron chi connectivity index (χ0n) is 25.0. The highest BCUT2D eigenvalue weighted by Crippen LogP contribution is 2.41. The minimum absolute atomic E-state index is 0.0779. The fourth-order valence-corrected chi connectivity index (χ4v) is 5.60. The molecule has 0 spiro atoms. The lowest BCUT2D eigenvalue weighted by atomic mass is 9.69. The zero-order valence-corrected chi connectivity index (χ0v) is 25.0. The van der Waals surface area contributed by atoms with Crippen LogP contribution in [0.3, 0.4) is 0 Å². The van der Waals surface area contributed by atoms with Gasteiger partial charge in [-0.2, -0.15) is 0 Å². The van der Waals surface area contributed by atoms with E-state index >= 15 is 0 Å². The lowest BCUT2D eigenvalue weighted by Crippen LogP contribution is -2.27. The van der Waals surface area contributed by atoms with Gasteiger partial charge in [0, 0.05) is 5.41 Å². The molecule has 1 unspecified atom stereocenters. The van der Waals surface area contributed by atoms with Gasteiger partial charge >= 0.3 is 5.97 Å². The SMILES string of the molecule is CCC(CC)(c1ccc(CCC(O)C(C)(C)C)c(C)c1)c1ccc(-c2ccc(CC(=O)OC)c(F)c2)c(C)c1. The van der Waals surface area contributed by atoms with Gasteiger partial charge in [-0.05, 0) is 95.5 Å². The van der Waals surface area contributed by atoms with E-state index in [9.17, 15) is 14.3 Å². The molecule has 0 aliphatic carbocycles. The molecule has 0 aliphatic rings. The second-order valence-corrected chi connectivity index (χ2v) is 11.9. The van der Waals surface area contributed by atoms with E-state index in [2.05, 4.69) is 89.6 Å². The number of hydrogen-bond donors (Lipinski definition) is 1. The van der Waals surface area contributed by atoms with Crippen LogP contribution in [0.5, 0.6) is 0 Å². The van der Waals surface area contributed by atoms with Gasteiger partial charge in [0.25, 0.3) is 0 Å². The highest BCUT2D eigenvalue weighted by atomic mass is 19.1. The predicted molar refractivity (Wildman–Crippen MR) is 159 cm³/mol. The summed E-state index contributed by atoms with van der Waals surface area (Å²) in [6.45, 7) is 15.0. The number of aryl methyl sites for hydroxylation is 3. The molecule has 0 heterocycles. The summed E-state index contributed by atoms with van der Waals surface area (Å²) >= 11 is 0. The number of methoxy groups -OCH3 is 1. The van der Waals surface area contributed by atoms with Crippen molar-refractivity contribution in [2.45, 2.75) is 92.1 Å². The van der Waals surface area contributed by atoms with E-state index in [1.165, 1.54) is 35.4 Å². The van der Waals surface area contributed by atoms with Crippen LogP contribution in [0.25, 0.3) is 11.1 Å². The molecular formula is C35H45FO3. The average Bonchev–Trinajstić information content (AvgIpc) is 2.89. The van der Waals surface area contributed by atoms with E-state index in [1.54, 1.807) is 6.07 Å². The van der Waals surface area contributed by atoms with Gasteiger partial charge in [0.05, 0.1) is 19.6 Å². The summed E-state index contributed by atoms with van der Waals surface area (Å²) < 4.78 is 19.4. The number of aliphatic hydroxyl groups is 1. The molecule has 0 saturated carbocycles. The molecule has 0 saturated heterocycles. The van der Waals surface area contributed by atoms with Gasteiger partial charge in [-0.1, -0.05) is 83.1 Å². The molecule has 1 atom stereocenters. The van der Waals surface area contributed by atoms with Crippen LogP contribution in [0.15, 0.2) is 54.6 Å². The average molecular weight is 533 g/mol. The van der Waals surface area contributed by atoms with Gasteiger partial charge in [0.1, 0.15) is 5.82 Å². The van der Waals surface area contributed by atoms with Crippen LogP contribution < -0.4 is 0 Å². The molecule has 3 nitrogen and oxygen atoms in total. The molecule has 0 fully saturated rings. The Labute approximate surface area is 234 Å². The molecule has 0 aliphatic heterocycles. The molecule has 4 heteroatoms. The predicted octanol–water partition coefficient (Wildman–Crippen LogP) is 8.27. The van der Waals surface area contributed by atoms with Crippen LogP contribution in [0, 0.1) is 25.1 Å². The maximum Gasteiger partial charge on any atom is 0.310 e. The van der Waals surface area contributed by atoms with Gasteiger partial charge in [-0.25, -0.2) is 4.39 Å². The third-order valence-corrected chi connectivity index (χ3v) is 8.49. The van der Waals surface area contributed by atoms with E-state index in [1.807, 2.05) is 6.07 Å². The van der Waals surface area contributed by atoms with Gasteiger partial charge in [0.15, 0.2) is 0 Å². The first-order chi connectivity index (χ1) is 18.4. The number of rotatable bonds is 10. The first-order valence-electron chi connectivity index (χ1n) is 14.1. The minimum atomic E-state index is -0.455. The Morgan fingerprint density at radius 2 is 1.49 bits per heavy atom. The fraction of sp³-hybridized carbons (Fsp3) is 0.457. The lowest BCUT2D eigenvalue weighted by Gasteiger charge is -2.34. The first-order valence-corrected chi connectivity index (χ1v) is 14.1.